The van der Waals surface area contributed by atoms with Gasteiger partial charge in [-0.15, -0.1) is 0 Å². The molecule has 1 fully saturated rings. The summed E-state index contributed by atoms with van der Waals surface area (Å²) in [5.41, 5.74) is -1.75. The van der Waals surface area contributed by atoms with E-state index in [1.54, 1.807) is 20.9 Å². The Morgan fingerprint density at radius 2 is 2.00 bits per heavy atom. The van der Waals surface area contributed by atoms with Gasteiger partial charge in [-0.1, -0.05) is 12.8 Å². The van der Waals surface area contributed by atoms with Gasteiger partial charge in [0.05, 0.1) is 11.7 Å². The van der Waals surface area contributed by atoms with Gasteiger partial charge in [-0.05, 0) is 26.7 Å². The van der Waals surface area contributed by atoms with Crippen LogP contribution in [0.2, 0.25) is 0 Å². The van der Waals surface area contributed by atoms with Gasteiger partial charge >= 0.3 is 0 Å². The number of carbonyl (C=O) groups excluding carboxylic acids is 1. The molecular weight excluding hydrogens is 204 g/mol. The Morgan fingerprint density at radius 1 is 1.50 bits per heavy atom. The van der Waals surface area contributed by atoms with Crippen LogP contribution in [0.4, 0.5) is 0 Å². The first-order chi connectivity index (χ1) is 7.31. The summed E-state index contributed by atoms with van der Waals surface area (Å²) >= 11 is 0. The van der Waals surface area contributed by atoms with Crippen LogP contribution in [-0.4, -0.2) is 35.1 Å². The lowest BCUT2D eigenvalue weighted by atomic mass is 9.93. The van der Waals surface area contributed by atoms with Crippen molar-refractivity contribution < 1.29 is 9.90 Å². The molecule has 1 saturated carbocycles. The summed E-state index contributed by atoms with van der Waals surface area (Å²) in [5.74, 6) is -0.227. The normalized spacial score (nSPS) is 19.2. The van der Waals surface area contributed by atoms with Gasteiger partial charge in [0.25, 0.3) is 0 Å². The molecule has 0 aliphatic heterocycles. The van der Waals surface area contributed by atoms with Gasteiger partial charge < -0.3 is 10.0 Å². The van der Waals surface area contributed by atoms with Gasteiger partial charge in [0.1, 0.15) is 5.41 Å². The van der Waals surface area contributed by atoms with Gasteiger partial charge in [-0.25, -0.2) is 0 Å². The molecule has 1 amide bonds. The number of carbonyl (C=O) groups is 1. The lowest BCUT2D eigenvalue weighted by Crippen LogP contribution is -2.46. The minimum absolute atomic E-state index is 0.227. The fraction of sp³-hybridized carbons (Fsp3) is 0.833. The van der Waals surface area contributed by atoms with Crippen LogP contribution in [0.15, 0.2) is 0 Å². The smallest absolute Gasteiger partial charge is 0.242 e. The second kappa shape index (κ2) is 4.42. The highest BCUT2D eigenvalue weighted by molar-refractivity contribution is 5.84. The third-order valence-corrected chi connectivity index (χ3v) is 3.23. The Bertz CT molecular complexity index is 311. The molecular formula is C12H20N2O2. The van der Waals surface area contributed by atoms with E-state index in [9.17, 15) is 9.90 Å². The van der Waals surface area contributed by atoms with E-state index in [0.717, 1.165) is 25.7 Å². The second-order valence-corrected chi connectivity index (χ2v) is 5.33. The number of nitrogens with zero attached hydrogens (tertiary/aromatic N) is 2. The number of likely N-dealkylation sites (N-methyl/N-ethyl adjacent to an activating group) is 1. The van der Waals surface area contributed by atoms with Crippen molar-refractivity contribution in [2.24, 2.45) is 5.41 Å². The van der Waals surface area contributed by atoms with Crippen molar-refractivity contribution in [2.45, 2.75) is 45.1 Å². The molecule has 0 aromatic carbocycles. The summed E-state index contributed by atoms with van der Waals surface area (Å²) in [7, 11) is 1.65. The molecule has 1 rings (SSSR count). The largest absolute Gasteiger partial charge is 0.388 e. The number of aliphatic hydroxyl groups is 1. The minimum Gasteiger partial charge on any atom is -0.388 e. The topological polar surface area (TPSA) is 64.3 Å². The van der Waals surface area contributed by atoms with Crippen LogP contribution in [0.25, 0.3) is 0 Å². The van der Waals surface area contributed by atoms with Crippen LogP contribution in [0.5, 0.6) is 0 Å². The van der Waals surface area contributed by atoms with Crippen molar-refractivity contribution in [3.63, 3.8) is 0 Å². The number of hydrogen-bond donors (Lipinski definition) is 1. The molecule has 16 heavy (non-hydrogen) atoms. The minimum atomic E-state index is -1.01. The lowest BCUT2D eigenvalue weighted by Gasteiger charge is -2.31. The molecule has 0 aromatic heterocycles. The van der Waals surface area contributed by atoms with Gasteiger partial charge in [0.2, 0.25) is 5.91 Å². The van der Waals surface area contributed by atoms with Crippen molar-refractivity contribution in [1.82, 2.24) is 4.90 Å². The first-order valence-corrected chi connectivity index (χ1v) is 5.70. The van der Waals surface area contributed by atoms with E-state index in [-0.39, 0.29) is 5.91 Å². The third kappa shape index (κ3) is 2.73. The SMILES string of the molecule is CN(CC1(O)CCCC1)C(=O)C(C)(C)C#N. The van der Waals surface area contributed by atoms with E-state index in [1.807, 2.05) is 6.07 Å². The van der Waals surface area contributed by atoms with E-state index in [2.05, 4.69) is 0 Å². The molecule has 0 unspecified atom stereocenters. The molecule has 4 nitrogen and oxygen atoms in total. The van der Waals surface area contributed by atoms with Gasteiger partial charge in [-0.2, -0.15) is 5.26 Å². The Kier molecular flexibility index (Phi) is 3.59. The predicted octanol–water partition coefficient (Wildman–Crippen LogP) is 1.30. The molecule has 0 atom stereocenters. The van der Waals surface area contributed by atoms with E-state index in [0.29, 0.717) is 6.54 Å². The number of hydrogen-bond acceptors (Lipinski definition) is 3. The first kappa shape index (κ1) is 13.0. The summed E-state index contributed by atoms with van der Waals surface area (Å²) in [5, 5.41) is 19.1. The average molecular weight is 224 g/mol. The Hall–Kier alpha value is -1.08. The Labute approximate surface area is 96.9 Å². The maximum absolute atomic E-state index is 11.9. The molecule has 0 saturated heterocycles. The zero-order valence-corrected chi connectivity index (χ0v) is 10.3. The maximum Gasteiger partial charge on any atom is 0.242 e. The molecule has 0 bridgehead atoms. The van der Waals surface area contributed by atoms with Crippen LogP contribution in [0.1, 0.15) is 39.5 Å². The molecule has 0 spiro atoms. The van der Waals surface area contributed by atoms with E-state index < -0.39 is 11.0 Å². The fourth-order valence-corrected chi connectivity index (χ4v) is 2.23. The molecule has 0 radical (unpaired) electrons. The molecule has 1 N–H and O–H groups in total. The Morgan fingerprint density at radius 3 is 2.44 bits per heavy atom. The van der Waals surface area contributed by atoms with Crippen LogP contribution in [0.3, 0.4) is 0 Å². The van der Waals surface area contributed by atoms with Gasteiger partial charge in [0.15, 0.2) is 0 Å². The quantitative estimate of drug-likeness (QED) is 0.785. The number of nitriles is 1. The molecule has 4 heteroatoms. The van der Waals surface area contributed by atoms with Gasteiger partial charge in [-0.3, -0.25) is 4.79 Å². The summed E-state index contributed by atoms with van der Waals surface area (Å²) in [6, 6.07) is 1.99. The summed E-state index contributed by atoms with van der Waals surface area (Å²) in [6.45, 7) is 3.53. The van der Waals surface area contributed by atoms with Crippen LogP contribution >= 0.6 is 0 Å². The third-order valence-electron chi connectivity index (χ3n) is 3.23. The zero-order chi connectivity index (χ0) is 12.4. The molecule has 90 valence electrons. The standard InChI is InChI=1S/C12H20N2O2/c1-11(2,8-13)10(15)14(3)9-12(16)6-4-5-7-12/h16H,4-7,9H2,1-3H3. The van der Waals surface area contributed by atoms with E-state index in [1.165, 1.54) is 4.90 Å². The number of amides is 1. The highest BCUT2D eigenvalue weighted by atomic mass is 16.3. The molecule has 0 aromatic rings. The molecule has 0 heterocycles. The van der Waals surface area contributed by atoms with Crippen molar-refractivity contribution in [1.29, 1.82) is 5.26 Å². The summed E-state index contributed by atoms with van der Waals surface area (Å²) in [6.07, 6.45) is 3.52. The second-order valence-electron chi connectivity index (χ2n) is 5.33. The zero-order valence-electron chi connectivity index (χ0n) is 10.3. The monoisotopic (exact) mass is 224 g/mol. The molecule has 1 aliphatic carbocycles. The first-order valence-electron chi connectivity index (χ1n) is 5.70. The maximum atomic E-state index is 11.9. The van der Waals surface area contributed by atoms with Crippen LogP contribution in [-0.2, 0) is 4.79 Å². The van der Waals surface area contributed by atoms with Crippen LogP contribution < -0.4 is 0 Å². The van der Waals surface area contributed by atoms with Crippen molar-refractivity contribution in [3.8, 4) is 6.07 Å². The predicted molar refractivity (Wildman–Crippen MR) is 60.4 cm³/mol. The van der Waals surface area contributed by atoms with Gasteiger partial charge in [0, 0.05) is 13.6 Å². The van der Waals surface area contributed by atoms with E-state index >= 15 is 0 Å². The van der Waals surface area contributed by atoms with Crippen LogP contribution in [0, 0.1) is 16.7 Å². The molecule has 1 aliphatic rings. The highest BCUT2D eigenvalue weighted by Crippen LogP contribution is 2.30. The average Bonchev–Trinajstić information content (AvgIpc) is 2.63. The summed E-state index contributed by atoms with van der Waals surface area (Å²) < 4.78 is 0. The summed E-state index contributed by atoms with van der Waals surface area (Å²) in [4.78, 5) is 13.4. The van der Waals surface area contributed by atoms with Crippen molar-refractivity contribution >= 4 is 5.91 Å². The van der Waals surface area contributed by atoms with Crippen molar-refractivity contribution in [2.75, 3.05) is 13.6 Å². The number of rotatable bonds is 3. The van der Waals surface area contributed by atoms with E-state index in [4.69, 9.17) is 5.26 Å². The lowest BCUT2D eigenvalue weighted by molar-refractivity contribution is -0.139. The highest BCUT2D eigenvalue weighted by Gasteiger charge is 2.37. The Balaban J connectivity index is 2.62. The fourth-order valence-electron chi connectivity index (χ4n) is 2.23. The van der Waals surface area contributed by atoms with Crippen molar-refractivity contribution in [3.05, 3.63) is 0 Å².